The van der Waals surface area contributed by atoms with Gasteiger partial charge in [0, 0.05) is 32.7 Å². The van der Waals surface area contributed by atoms with Crippen molar-refractivity contribution >= 4 is 28.7 Å². The van der Waals surface area contributed by atoms with Crippen LogP contribution in [0.5, 0.6) is 0 Å². The number of nitrogens with one attached hydrogen (secondary N) is 2. The maximum absolute atomic E-state index is 12.5. The first-order valence-electron chi connectivity index (χ1n) is 10.3. The predicted molar refractivity (Wildman–Crippen MR) is 112 cm³/mol. The van der Waals surface area contributed by atoms with Gasteiger partial charge in [0.2, 0.25) is 11.8 Å². The second-order valence-electron chi connectivity index (χ2n) is 7.57. The molecule has 0 radical (unpaired) electrons. The maximum atomic E-state index is 12.5. The number of hydrogen-bond acceptors (Lipinski definition) is 5. The van der Waals surface area contributed by atoms with Gasteiger partial charge in [-0.3, -0.25) is 14.5 Å². The molecule has 158 valence electrons. The Hall–Kier alpha value is -3.13. The zero-order chi connectivity index (χ0) is 20.9. The fraction of sp³-hybridized carbons (Fsp3) is 0.409. The molecular formula is C22H26N4O4. The van der Waals surface area contributed by atoms with Crippen molar-refractivity contribution in [2.45, 2.75) is 19.0 Å². The zero-order valence-electron chi connectivity index (χ0n) is 16.8. The van der Waals surface area contributed by atoms with Gasteiger partial charge in [-0.15, -0.1) is 0 Å². The van der Waals surface area contributed by atoms with E-state index in [9.17, 15) is 14.4 Å². The van der Waals surface area contributed by atoms with E-state index in [2.05, 4.69) is 39.8 Å². The smallest absolute Gasteiger partial charge is 0.409 e. The van der Waals surface area contributed by atoms with Crippen LogP contribution in [0, 0.1) is 0 Å². The number of benzene rings is 2. The van der Waals surface area contributed by atoms with Crippen molar-refractivity contribution < 1.29 is 19.1 Å². The van der Waals surface area contributed by atoms with Crippen LogP contribution in [0.3, 0.4) is 0 Å². The summed E-state index contributed by atoms with van der Waals surface area (Å²) in [7, 11) is 0. The number of hydrogen-bond donors (Lipinski definition) is 2. The lowest BCUT2D eigenvalue weighted by Crippen LogP contribution is -2.56. The van der Waals surface area contributed by atoms with Gasteiger partial charge in [0.1, 0.15) is 6.61 Å². The van der Waals surface area contributed by atoms with Gasteiger partial charge in [0.15, 0.2) is 0 Å². The monoisotopic (exact) mass is 410 g/mol. The van der Waals surface area contributed by atoms with Crippen molar-refractivity contribution in [2.24, 2.45) is 0 Å². The lowest BCUT2D eigenvalue weighted by Gasteiger charge is -2.35. The first-order valence-corrected chi connectivity index (χ1v) is 10.3. The number of cyclic esters (lactones) is 1. The molecule has 0 bridgehead atoms. The SMILES string of the molecule is O=C(C[C@@H]1C(=O)NCCN1Cc1cccc2ccccc12)NCCN1CCOC1=O. The fourth-order valence-electron chi connectivity index (χ4n) is 4.03. The molecular weight excluding hydrogens is 384 g/mol. The molecule has 2 aliphatic heterocycles. The third-order valence-corrected chi connectivity index (χ3v) is 5.62. The van der Waals surface area contributed by atoms with E-state index in [1.165, 1.54) is 0 Å². The molecule has 0 spiro atoms. The largest absolute Gasteiger partial charge is 0.448 e. The number of carbonyl (C=O) groups excluding carboxylic acids is 3. The number of fused-ring (bicyclic) bond motifs is 1. The second kappa shape index (κ2) is 9.13. The van der Waals surface area contributed by atoms with Crippen LogP contribution in [-0.4, -0.2) is 73.1 Å². The van der Waals surface area contributed by atoms with Gasteiger partial charge in [-0.25, -0.2) is 4.79 Å². The van der Waals surface area contributed by atoms with Crippen LogP contribution >= 0.6 is 0 Å². The van der Waals surface area contributed by atoms with Crippen LogP contribution in [0.1, 0.15) is 12.0 Å². The van der Waals surface area contributed by atoms with Gasteiger partial charge in [0.05, 0.1) is 19.0 Å². The Kier molecular flexibility index (Phi) is 6.13. The van der Waals surface area contributed by atoms with E-state index < -0.39 is 6.04 Å². The van der Waals surface area contributed by atoms with Crippen molar-refractivity contribution in [2.75, 3.05) is 39.3 Å². The summed E-state index contributed by atoms with van der Waals surface area (Å²) in [5.74, 6) is -0.327. The summed E-state index contributed by atoms with van der Waals surface area (Å²) < 4.78 is 4.87. The Bertz CT molecular complexity index is 942. The summed E-state index contributed by atoms with van der Waals surface area (Å²) >= 11 is 0. The topological polar surface area (TPSA) is 91.0 Å². The van der Waals surface area contributed by atoms with Gasteiger partial charge >= 0.3 is 6.09 Å². The summed E-state index contributed by atoms with van der Waals surface area (Å²) in [6.45, 7) is 3.53. The van der Waals surface area contributed by atoms with E-state index in [1.54, 1.807) is 4.90 Å². The summed E-state index contributed by atoms with van der Waals surface area (Å²) in [5, 5.41) is 8.00. The van der Waals surface area contributed by atoms with Crippen molar-refractivity contribution in [3.63, 3.8) is 0 Å². The van der Waals surface area contributed by atoms with E-state index in [1.807, 2.05) is 18.2 Å². The lowest BCUT2D eigenvalue weighted by atomic mass is 10.0. The molecule has 3 amide bonds. The molecule has 8 nitrogen and oxygen atoms in total. The molecule has 2 aromatic carbocycles. The number of carbonyl (C=O) groups is 3. The van der Waals surface area contributed by atoms with Crippen LogP contribution < -0.4 is 10.6 Å². The Morgan fingerprint density at radius 1 is 1.13 bits per heavy atom. The Balaban J connectivity index is 1.38. The van der Waals surface area contributed by atoms with Crippen molar-refractivity contribution in [1.82, 2.24) is 20.4 Å². The lowest BCUT2D eigenvalue weighted by molar-refractivity contribution is -0.134. The van der Waals surface area contributed by atoms with Crippen LogP contribution in [0.25, 0.3) is 10.8 Å². The molecule has 0 aliphatic carbocycles. The minimum absolute atomic E-state index is 0.0844. The van der Waals surface area contributed by atoms with Gasteiger partial charge in [0.25, 0.3) is 0 Å². The molecule has 0 unspecified atom stereocenters. The molecule has 0 aromatic heterocycles. The maximum Gasteiger partial charge on any atom is 0.409 e. The first kappa shape index (κ1) is 20.2. The van der Waals surface area contributed by atoms with Gasteiger partial charge in [-0.2, -0.15) is 0 Å². The second-order valence-corrected chi connectivity index (χ2v) is 7.57. The summed E-state index contributed by atoms with van der Waals surface area (Å²) in [5.41, 5.74) is 1.14. The zero-order valence-corrected chi connectivity index (χ0v) is 16.8. The third-order valence-electron chi connectivity index (χ3n) is 5.62. The standard InChI is InChI=1S/C22H26N4O4/c27-20(23-8-10-25-12-13-30-22(25)29)14-19-21(28)24-9-11-26(19)15-17-6-3-5-16-4-1-2-7-18(16)17/h1-7,19H,8-15H2,(H,23,27)(H,24,28)/t19-/m1/s1. The summed E-state index contributed by atoms with van der Waals surface area (Å²) in [6.07, 6.45) is -0.265. The van der Waals surface area contributed by atoms with Crippen molar-refractivity contribution in [1.29, 1.82) is 0 Å². The molecule has 0 saturated carbocycles. The van der Waals surface area contributed by atoms with Crippen molar-refractivity contribution in [3.05, 3.63) is 48.0 Å². The number of ether oxygens (including phenoxy) is 1. The molecule has 2 N–H and O–H groups in total. The average molecular weight is 410 g/mol. The molecule has 2 heterocycles. The molecule has 4 rings (SSSR count). The summed E-state index contributed by atoms with van der Waals surface area (Å²) in [6, 6.07) is 13.8. The average Bonchev–Trinajstić information content (AvgIpc) is 3.15. The van der Waals surface area contributed by atoms with Crippen LogP contribution in [0.4, 0.5) is 4.79 Å². The molecule has 30 heavy (non-hydrogen) atoms. The number of piperazine rings is 1. The predicted octanol–water partition coefficient (Wildman–Crippen LogP) is 1.10. The minimum atomic E-state index is -0.519. The highest BCUT2D eigenvalue weighted by Gasteiger charge is 2.32. The van der Waals surface area contributed by atoms with Gasteiger partial charge in [-0.1, -0.05) is 42.5 Å². The normalized spacial score (nSPS) is 19.6. The molecule has 2 aliphatic rings. The Morgan fingerprint density at radius 2 is 1.97 bits per heavy atom. The van der Waals surface area contributed by atoms with E-state index in [0.29, 0.717) is 45.9 Å². The van der Waals surface area contributed by atoms with Crippen LogP contribution in [0.15, 0.2) is 42.5 Å². The number of amides is 3. The quantitative estimate of drug-likeness (QED) is 0.713. The van der Waals surface area contributed by atoms with Crippen LogP contribution in [-0.2, 0) is 20.9 Å². The molecule has 2 saturated heterocycles. The van der Waals surface area contributed by atoms with Crippen molar-refractivity contribution in [3.8, 4) is 0 Å². The van der Waals surface area contributed by atoms with E-state index >= 15 is 0 Å². The molecule has 2 aromatic rings. The number of rotatable bonds is 7. The Labute approximate surface area is 175 Å². The highest BCUT2D eigenvalue weighted by Crippen LogP contribution is 2.22. The molecule has 1 atom stereocenters. The molecule has 2 fully saturated rings. The van der Waals surface area contributed by atoms with Gasteiger partial charge < -0.3 is 20.3 Å². The minimum Gasteiger partial charge on any atom is -0.448 e. The first-order chi connectivity index (χ1) is 14.6. The highest BCUT2D eigenvalue weighted by atomic mass is 16.6. The van der Waals surface area contributed by atoms with E-state index in [-0.39, 0.29) is 24.3 Å². The van der Waals surface area contributed by atoms with E-state index in [0.717, 1.165) is 16.3 Å². The van der Waals surface area contributed by atoms with Gasteiger partial charge in [-0.05, 0) is 16.3 Å². The van der Waals surface area contributed by atoms with E-state index in [4.69, 9.17) is 4.74 Å². The fourth-order valence-corrected chi connectivity index (χ4v) is 4.03. The Morgan fingerprint density at radius 3 is 2.80 bits per heavy atom. The van der Waals surface area contributed by atoms with Crippen LogP contribution in [0.2, 0.25) is 0 Å². The highest BCUT2D eigenvalue weighted by molar-refractivity contribution is 5.89. The summed E-state index contributed by atoms with van der Waals surface area (Å²) in [4.78, 5) is 40.1. The number of nitrogens with zero attached hydrogens (tertiary/aromatic N) is 2. The molecule has 8 heteroatoms. The third kappa shape index (κ3) is 4.54.